The number of para-hydroxylation sites is 1. The molecular weight excluding hydrogens is 629 g/mol. The Balaban J connectivity index is 1.20. The van der Waals surface area contributed by atoms with Crippen LogP contribution in [0.3, 0.4) is 0 Å². The lowest BCUT2D eigenvalue weighted by molar-refractivity contribution is 0.0948. The van der Waals surface area contributed by atoms with Crippen LogP contribution in [-0.2, 0) is 5.41 Å². The van der Waals surface area contributed by atoms with Crippen LogP contribution in [0.4, 0.5) is 0 Å². The van der Waals surface area contributed by atoms with Gasteiger partial charge in [0, 0.05) is 44.1 Å². The van der Waals surface area contributed by atoms with E-state index in [0.29, 0.717) is 23.0 Å². The predicted molar refractivity (Wildman–Crippen MR) is 202 cm³/mol. The number of benzene rings is 6. The molecule has 0 spiro atoms. The van der Waals surface area contributed by atoms with Gasteiger partial charge in [-0.1, -0.05) is 109 Å². The maximum Gasteiger partial charge on any atom is 0.264 e. The minimum Gasteiger partial charge on any atom is -0.309 e. The Morgan fingerprint density at radius 3 is 1.86 bits per heavy atom. The fraction of sp³-hybridized carbons (Fsp3) is 0.0682. The first kappa shape index (κ1) is 29.2. The maximum atomic E-state index is 14.3. The van der Waals surface area contributed by atoms with Gasteiger partial charge in [-0.05, 0) is 55.8 Å². The average Bonchev–Trinajstić information content (AvgIpc) is 3.75. The van der Waals surface area contributed by atoms with Crippen LogP contribution < -0.4 is 0 Å². The summed E-state index contributed by atoms with van der Waals surface area (Å²) in [5, 5.41) is 2.04. The Kier molecular flexibility index (Phi) is 6.24. The smallest absolute Gasteiger partial charge is 0.264 e. The van der Waals surface area contributed by atoms with Gasteiger partial charge >= 0.3 is 0 Å². The first-order chi connectivity index (χ1) is 25.0. The third kappa shape index (κ3) is 4.34. The van der Waals surface area contributed by atoms with Crippen molar-refractivity contribution in [1.82, 2.24) is 29.1 Å². The molecule has 0 unspecified atom stereocenters. The highest BCUT2D eigenvalue weighted by Gasteiger charge is 2.40. The monoisotopic (exact) mass is 658 g/mol. The molecule has 242 valence electrons. The number of rotatable bonds is 4. The summed E-state index contributed by atoms with van der Waals surface area (Å²) >= 11 is 0. The van der Waals surface area contributed by atoms with Gasteiger partial charge in [0.1, 0.15) is 5.82 Å². The molecule has 0 saturated carbocycles. The molecule has 7 nitrogen and oxygen atoms in total. The van der Waals surface area contributed by atoms with Crippen molar-refractivity contribution in [3.63, 3.8) is 0 Å². The van der Waals surface area contributed by atoms with Gasteiger partial charge in [-0.3, -0.25) is 9.36 Å². The number of nitrogens with zero attached hydrogens (tertiary/aromatic N) is 6. The number of imidazole rings is 1. The molecule has 10 rings (SSSR count). The minimum atomic E-state index is -0.454. The molecule has 0 atom stereocenters. The van der Waals surface area contributed by atoms with Gasteiger partial charge in [-0.25, -0.2) is 19.9 Å². The molecule has 0 radical (unpaired) electrons. The molecule has 0 N–H and O–H groups in total. The lowest BCUT2D eigenvalue weighted by Gasteiger charge is -2.31. The van der Waals surface area contributed by atoms with Crippen LogP contribution in [0.5, 0.6) is 0 Å². The van der Waals surface area contributed by atoms with Crippen molar-refractivity contribution < 1.29 is 4.79 Å². The van der Waals surface area contributed by atoms with E-state index in [-0.39, 0.29) is 5.91 Å². The first-order valence-corrected chi connectivity index (χ1v) is 17.0. The Morgan fingerprint density at radius 2 is 1.14 bits per heavy atom. The number of fused-ring (bicyclic) bond motifs is 8. The number of carbonyl (C=O) groups is 1. The van der Waals surface area contributed by atoms with Gasteiger partial charge in [0.05, 0.1) is 22.1 Å². The predicted octanol–water partition coefficient (Wildman–Crippen LogP) is 9.65. The fourth-order valence-corrected chi connectivity index (χ4v) is 7.69. The van der Waals surface area contributed by atoms with Crippen molar-refractivity contribution in [2.24, 2.45) is 0 Å². The fourth-order valence-electron chi connectivity index (χ4n) is 7.69. The van der Waals surface area contributed by atoms with Gasteiger partial charge in [0.2, 0.25) is 0 Å². The van der Waals surface area contributed by atoms with E-state index < -0.39 is 5.41 Å². The molecule has 9 aromatic rings. The molecular formula is C44H30N6O. The van der Waals surface area contributed by atoms with E-state index >= 15 is 0 Å². The van der Waals surface area contributed by atoms with E-state index in [9.17, 15) is 4.79 Å². The van der Waals surface area contributed by atoms with Gasteiger partial charge in [0.15, 0.2) is 17.5 Å². The van der Waals surface area contributed by atoms with Crippen molar-refractivity contribution in [2.75, 3.05) is 0 Å². The number of hydrogen-bond acceptors (Lipinski definition) is 5. The summed E-state index contributed by atoms with van der Waals surface area (Å²) in [6.45, 7) is 4.30. The van der Waals surface area contributed by atoms with Crippen LogP contribution >= 0.6 is 0 Å². The second kappa shape index (κ2) is 10.9. The van der Waals surface area contributed by atoms with Gasteiger partial charge in [-0.2, -0.15) is 0 Å². The highest BCUT2D eigenvalue weighted by molar-refractivity contribution is 6.22. The summed E-state index contributed by atoms with van der Waals surface area (Å²) in [6, 6.07) is 48.8. The summed E-state index contributed by atoms with van der Waals surface area (Å²) in [7, 11) is 0. The van der Waals surface area contributed by atoms with E-state index in [1.165, 1.54) is 0 Å². The first-order valence-electron chi connectivity index (χ1n) is 17.0. The topological polar surface area (TPSA) is 78.5 Å². The molecule has 3 aromatic heterocycles. The van der Waals surface area contributed by atoms with Crippen LogP contribution in [-0.4, -0.2) is 35.0 Å². The van der Waals surface area contributed by atoms with Crippen molar-refractivity contribution in [1.29, 1.82) is 0 Å². The van der Waals surface area contributed by atoms with Crippen molar-refractivity contribution in [3.8, 4) is 39.9 Å². The molecule has 0 fully saturated rings. The molecule has 0 bridgehead atoms. The largest absolute Gasteiger partial charge is 0.309 e. The highest BCUT2D eigenvalue weighted by atomic mass is 16.2. The quantitative estimate of drug-likeness (QED) is 0.188. The molecule has 4 heterocycles. The highest BCUT2D eigenvalue weighted by Crippen LogP contribution is 2.43. The van der Waals surface area contributed by atoms with Crippen molar-refractivity contribution in [3.05, 3.63) is 163 Å². The summed E-state index contributed by atoms with van der Waals surface area (Å²) in [5.74, 6) is 2.52. The third-order valence-corrected chi connectivity index (χ3v) is 10.1. The summed E-state index contributed by atoms with van der Waals surface area (Å²) in [5.41, 5.74) is 8.57. The molecule has 51 heavy (non-hydrogen) atoms. The molecule has 7 heteroatoms. The maximum absolute atomic E-state index is 14.3. The summed E-state index contributed by atoms with van der Waals surface area (Å²) in [6.07, 6.45) is 0. The third-order valence-electron chi connectivity index (χ3n) is 10.1. The summed E-state index contributed by atoms with van der Waals surface area (Å²) in [4.78, 5) is 34.3. The van der Waals surface area contributed by atoms with E-state index in [4.69, 9.17) is 19.9 Å². The van der Waals surface area contributed by atoms with Gasteiger partial charge < -0.3 is 4.57 Å². The SMILES string of the molecule is CC1(C)c2ccccc2C(=O)n2c1nc1ccc3c(c4ccccc4n3-c3cccc(-c4nc(-c5ccccc5)nc(-c5ccccc5)n4)c3)c12. The zero-order valence-electron chi connectivity index (χ0n) is 27.9. The van der Waals surface area contributed by atoms with E-state index in [0.717, 1.165) is 66.6 Å². The van der Waals surface area contributed by atoms with Crippen molar-refractivity contribution in [2.45, 2.75) is 19.3 Å². The Labute approximate surface area is 293 Å². The van der Waals surface area contributed by atoms with Crippen LogP contribution in [0.2, 0.25) is 0 Å². The summed E-state index contributed by atoms with van der Waals surface area (Å²) < 4.78 is 4.12. The Hall–Kier alpha value is -6.73. The van der Waals surface area contributed by atoms with Crippen molar-refractivity contribution >= 4 is 38.7 Å². The van der Waals surface area contributed by atoms with Crippen LogP contribution in [0.1, 0.15) is 35.6 Å². The lowest BCUT2D eigenvalue weighted by Crippen LogP contribution is -2.35. The minimum absolute atomic E-state index is 0.0490. The zero-order valence-corrected chi connectivity index (χ0v) is 27.9. The van der Waals surface area contributed by atoms with E-state index in [1.54, 1.807) is 0 Å². The zero-order chi connectivity index (χ0) is 34.3. The van der Waals surface area contributed by atoms with Gasteiger partial charge in [-0.15, -0.1) is 0 Å². The Bertz CT molecular complexity index is 2790. The Morgan fingerprint density at radius 1 is 0.529 bits per heavy atom. The van der Waals surface area contributed by atoms with Crippen LogP contribution in [0, 0.1) is 0 Å². The van der Waals surface area contributed by atoms with Crippen LogP contribution in [0.15, 0.2) is 146 Å². The molecule has 6 aromatic carbocycles. The average molecular weight is 659 g/mol. The molecule has 0 saturated heterocycles. The van der Waals surface area contributed by atoms with Crippen LogP contribution in [0.25, 0.3) is 72.7 Å². The second-order valence-corrected chi connectivity index (χ2v) is 13.5. The van der Waals surface area contributed by atoms with Gasteiger partial charge in [0.25, 0.3) is 5.91 Å². The molecule has 0 aliphatic carbocycles. The lowest BCUT2D eigenvalue weighted by atomic mass is 9.78. The number of carbonyl (C=O) groups excluding carboxylic acids is 1. The second-order valence-electron chi connectivity index (χ2n) is 13.5. The van der Waals surface area contributed by atoms with E-state index in [2.05, 4.69) is 60.9 Å². The number of aromatic nitrogens is 6. The normalized spacial score (nSPS) is 13.5. The van der Waals surface area contributed by atoms with E-state index in [1.807, 2.05) is 108 Å². The number of hydrogen-bond donors (Lipinski definition) is 0. The molecule has 1 aliphatic heterocycles. The molecule has 0 amide bonds. The standard InChI is InChI=1S/C44H30N6O/c1-44(2)33-22-11-9-20-31(33)42(51)50-38-34(45-43(44)50)24-25-36-37(38)32-21-10-12-23-35(32)49(36)30-19-13-18-29(26-30)41-47-39(27-14-5-3-6-15-27)46-40(48-41)28-16-7-4-8-17-28/h3-26H,1-2H3. The molecule has 1 aliphatic rings.